The maximum atomic E-state index is 13.1. The Kier molecular flexibility index (Phi) is 6.57. The van der Waals surface area contributed by atoms with Crippen LogP contribution >= 0.6 is 12.2 Å². The summed E-state index contributed by atoms with van der Waals surface area (Å²) < 4.78 is 12.3. The maximum absolute atomic E-state index is 13.1. The van der Waals surface area contributed by atoms with Gasteiger partial charge in [-0.05, 0) is 42.5 Å². The van der Waals surface area contributed by atoms with Gasteiger partial charge in [0.25, 0.3) is 11.5 Å². The number of hydrogen-bond donors (Lipinski definition) is 1. The van der Waals surface area contributed by atoms with E-state index in [4.69, 9.17) is 21.7 Å². The lowest BCUT2D eigenvalue weighted by Gasteiger charge is -2.36. The third kappa shape index (κ3) is 4.26. The van der Waals surface area contributed by atoms with Crippen LogP contribution in [-0.2, 0) is 11.3 Å². The van der Waals surface area contributed by atoms with Crippen molar-refractivity contribution in [2.24, 2.45) is 0 Å². The number of carbonyl (C=O) groups is 1. The number of fused-ring (bicyclic) bond motifs is 1. The zero-order valence-corrected chi connectivity index (χ0v) is 19.0. The topological polar surface area (TPSA) is 79.8 Å². The number of aromatic amines is 1. The van der Waals surface area contributed by atoms with Gasteiger partial charge >= 0.3 is 0 Å². The summed E-state index contributed by atoms with van der Waals surface area (Å²) in [5.41, 5.74) is 1.94. The predicted molar refractivity (Wildman–Crippen MR) is 126 cm³/mol. The van der Waals surface area contributed by atoms with Gasteiger partial charge in [0.2, 0.25) is 0 Å². The van der Waals surface area contributed by atoms with Crippen LogP contribution in [0.15, 0.2) is 47.3 Å². The highest BCUT2D eigenvalue weighted by atomic mass is 32.1. The second kappa shape index (κ2) is 9.54. The maximum Gasteiger partial charge on any atom is 0.262 e. The molecule has 1 N–H and O–H groups in total. The van der Waals surface area contributed by atoms with Gasteiger partial charge in [-0.3, -0.25) is 14.2 Å². The number of para-hydroxylation sites is 2. The van der Waals surface area contributed by atoms with Crippen molar-refractivity contribution in [2.75, 3.05) is 51.9 Å². The highest BCUT2D eigenvalue weighted by Gasteiger charge is 2.24. The van der Waals surface area contributed by atoms with E-state index in [1.54, 1.807) is 32.4 Å². The van der Waals surface area contributed by atoms with Gasteiger partial charge in [0.1, 0.15) is 5.75 Å². The normalized spacial score (nSPS) is 14.1. The van der Waals surface area contributed by atoms with E-state index >= 15 is 0 Å². The smallest absolute Gasteiger partial charge is 0.262 e. The van der Waals surface area contributed by atoms with Crippen molar-refractivity contribution in [1.82, 2.24) is 14.5 Å². The highest BCUT2D eigenvalue weighted by molar-refractivity contribution is 7.71. The summed E-state index contributed by atoms with van der Waals surface area (Å²) in [5, 5.41) is 0.493. The molecule has 3 aromatic rings. The van der Waals surface area contributed by atoms with E-state index in [0.717, 1.165) is 11.4 Å². The quantitative estimate of drug-likeness (QED) is 0.577. The van der Waals surface area contributed by atoms with Gasteiger partial charge in [0, 0.05) is 38.9 Å². The summed E-state index contributed by atoms with van der Waals surface area (Å²) in [6.45, 7) is 3.39. The van der Waals surface area contributed by atoms with E-state index < -0.39 is 0 Å². The molecule has 0 saturated carbocycles. The molecule has 0 bridgehead atoms. The Labute approximate surface area is 191 Å². The van der Waals surface area contributed by atoms with Gasteiger partial charge in [-0.1, -0.05) is 12.1 Å². The van der Waals surface area contributed by atoms with Crippen LogP contribution in [0.2, 0.25) is 0 Å². The van der Waals surface area contributed by atoms with Crippen LogP contribution in [0.5, 0.6) is 5.75 Å². The zero-order chi connectivity index (χ0) is 22.7. The molecule has 1 amide bonds. The molecule has 2 heterocycles. The molecule has 0 aliphatic carbocycles. The van der Waals surface area contributed by atoms with Gasteiger partial charge < -0.3 is 24.3 Å². The number of anilines is 1. The van der Waals surface area contributed by atoms with Crippen molar-refractivity contribution in [1.29, 1.82) is 0 Å². The molecule has 1 aliphatic heterocycles. The number of benzene rings is 2. The second-order valence-electron chi connectivity index (χ2n) is 7.59. The Morgan fingerprint density at radius 2 is 1.84 bits per heavy atom. The summed E-state index contributed by atoms with van der Waals surface area (Å²) in [6.07, 6.45) is 0. The van der Waals surface area contributed by atoms with E-state index in [1.807, 2.05) is 29.2 Å². The molecule has 4 rings (SSSR count). The summed E-state index contributed by atoms with van der Waals surface area (Å²) in [7, 11) is 3.24. The largest absolute Gasteiger partial charge is 0.495 e. The molecule has 0 spiro atoms. The van der Waals surface area contributed by atoms with Crippen molar-refractivity contribution >= 4 is 34.7 Å². The Hall–Kier alpha value is -3.17. The first-order valence-corrected chi connectivity index (χ1v) is 10.9. The number of piperazine rings is 1. The average Bonchev–Trinajstić information content (AvgIpc) is 2.83. The Bertz CT molecular complexity index is 1240. The van der Waals surface area contributed by atoms with Crippen molar-refractivity contribution in [3.8, 4) is 5.75 Å². The minimum absolute atomic E-state index is 0.0607. The fraction of sp³-hybridized carbons (Fsp3) is 0.348. The summed E-state index contributed by atoms with van der Waals surface area (Å²) in [6, 6.07) is 13.0. The number of hydrogen-bond acceptors (Lipinski definition) is 6. The highest BCUT2D eigenvalue weighted by Crippen LogP contribution is 2.28. The van der Waals surface area contributed by atoms with Gasteiger partial charge in [0.05, 0.1) is 36.9 Å². The van der Waals surface area contributed by atoms with Crippen LogP contribution in [0.1, 0.15) is 10.4 Å². The van der Waals surface area contributed by atoms with E-state index in [2.05, 4.69) is 9.88 Å². The van der Waals surface area contributed by atoms with Crippen LogP contribution in [0.25, 0.3) is 10.9 Å². The fourth-order valence-corrected chi connectivity index (χ4v) is 4.28. The molecular formula is C23H26N4O4S. The van der Waals surface area contributed by atoms with Crippen LogP contribution in [-0.4, -0.2) is 67.4 Å². The molecular weight excluding hydrogens is 428 g/mol. The van der Waals surface area contributed by atoms with E-state index in [0.29, 0.717) is 60.6 Å². The summed E-state index contributed by atoms with van der Waals surface area (Å²) in [4.78, 5) is 33.0. The van der Waals surface area contributed by atoms with Gasteiger partial charge in [-0.15, -0.1) is 0 Å². The van der Waals surface area contributed by atoms with Crippen LogP contribution in [0.3, 0.4) is 0 Å². The molecule has 0 atom stereocenters. The van der Waals surface area contributed by atoms with Gasteiger partial charge in [-0.2, -0.15) is 0 Å². The molecule has 1 fully saturated rings. The minimum atomic E-state index is -0.190. The molecule has 32 heavy (non-hydrogen) atoms. The number of nitrogens with one attached hydrogen (secondary N) is 1. The van der Waals surface area contributed by atoms with Crippen molar-refractivity contribution in [3.63, 3.8) is 0 Å². The van der Waals surface area contributed by atoms with Crippen molar-refractivity contribution in [2.45, 2.75) is 6.54 Å². The number of carbonyl (C=O) groups excluding carboxylic acids is 1. The molecule has 0 radical (unpaired) electrons. The lowest BCUT2D eigenvalue weighted by Crippen LogP contribution is -2.48. The Morgan fingerprint density at radius 3 is 2.56 bits per heavy atom. The van der Waals surface area contributed by atoms with Crippen LogP contribution in [0.4, 0.5) is 5.69 Å². The molecule has 0 unspecified atom stereocenters. The molecule has 2 aromatic carbocycles. The Balaban J connectivity index is 1.52. The SMILES string of the molecule is COCCn1c(=S)[nH]c2cc(C(=O)N3CCN(c4ccccc4OC)CC3)ccc2c1=O. The number of rotatable bonds is 6. The van der Waals surface area contributed by atoms with Gasteiger partial charge in [-0.25, -0.2) is 0 Å². The number of methoxy groups -OCH3 is 2. The van der Waals surface area contributed by atoms with Crippen LogP contribution < -0.4 is 15.2 Å². The predicted octanol–water partition coefficient (Wildman–Crippen LogP) is 2.68. The number of ether oxygens (including phenoxy) is 2. The van der Waals surface area contributed by atoms with E-state index in [1.165, 1.54) is 4.57 Å². The third-order valence-electron chi connectivity index (χ3n) is 5.74. The third-order valence-corrected chi connectivity index (χ3v) is 6.06. The standard InChI is InChI=1S/C23H26N4O4S/c1-30-14-13-27-22(29)17-8-7-16(15-18(17)24-23(27)32)21(28)26-11-9-25(10-12-26)19-5-3-4-6-20(19)31-2/h3-8,15H,9-14H2,1-2H3,(H,24,32). The second-order valence-corrected chi connectivity index (χ2v) is 7.98. The van der Waals surface area contributed by atoms with Gasteiger partial charge in [0.15, 0.2) is 4.77 Å². The molecule has 1 aromatic heterocycles. The fourth-order valence-electron chi connectivity index (χ4n) is 4.00. The lowest BCUT2D eigenvalue weighted by atomic mass is 10.1. The molecule has 1 aliphatic rings. The first kappa shape index (κ1) is 22.0. The monoisotopic (exact) mass is 454 g/mol. The first-order chi connectivity index (χ1) is 15.5. The molecule has 9 heteroatoms. The average molecular weight is 455 g/mol. The van der Waals surface area contributed by atoms with Crippen molar-refractivity contribution < 1.29 is 14.3 Å². The molecule has 168 valence electrons. The Morgan fingerprint density at radius 1 is 1.09 bits per heavy atom. The summed E-state index contributed by atoms with van der Waals surface area (Å²) >= 11 is 5.34. The first-order valence-electron chi connectivity index (χ1n) is 10.5. The van der Waals surface area contributed by atoms with E-state index in [-0.39, 0.29) is 11.5 Å². The number of aromatic nitrogens is 2. The van der Waals surface area contributed by atoms with Crippen LogP contribution in [0, 0.1) is 4.77 Å². The number of nitrogens with zero attached hydrogens (tertiary/aromatic N) is 3. The van der Waals surface area contributed by atoms with E-state index in [9.17, 15) is 9.59 Å². The lowest BCUT2D eigenvalue weighted by molar-refractivity contribution is 0.0747. The number of amides is 1. The van der Waals surface area contributed by atoms with Crippen molar-refractivity contribution in [3.05, 3.63) is 63.2 Å². The molecule has 1 saturated heterocycles. The number of H-pyrrole nitrogens is 1. The minimum Gasteiger partial charge on any atom is -0.495 e. The zero-order valence-electron chi connectivity index (χ0n) is 18.2. The molecule has 8 nitrogen and oxygen atoms in total. The summed E-state index contributed by atoms with van der Waals surface area (Å²) in [5.74, 6) is 0.766.